The Labute approximate surface area is 159 Å². The molecule has 0 saturated heterocycles. The first kappa shape index (κ1) is 26.6. The fourth-order valence-corrected chi connectivity index (χ4v) is 8.57. The van der Waals surface area contributed by atoms with Crippen molar-refractivity contribution in [3.05, 3.63) is 0 Å². The first-order chi connectivity index (χ1) is 10.4. The van der Waals surface area contributed by atoms with Crippen molar-refractivity contribution in [3.8, 4) is 0 Å². The van der Waals surface area contributed by atoms with Crippen molar-refractivity contribution < 1.29 is 28.4 Å². The van der Waals surface area contributed by atoms with Crippen LogP contribution in [0.5, 0.6) is 0 Å². The lowest BCUT2D eigenvalue weighted by Gasteiger charge is -2.35. The van der Waals surface area contributed by atoms with E-state index in [1.165, 1.54) is 41.2 Å². The van der Waals surface area contributed by atoms with Gasteiger partial charge in [-0.3, -0.25) is 0 Å². The molecule has 0 spiro atoms. The van der Waals surface area contributed by atoms with Gasteiger partial charge in [0.1, 0.15) is 12.2 Å². The normalized spacial score (nSPS) is 15.1. The molecule has 0 aromatic heterocycles. The first-order valence-corrected chi connectivity index (χ1v) is 11.2. The van der Waals surface area contributed by atoms with Crippen LogP contribution in [0, 0.1) is 0 Å². The summed E-state index contributed by atoms with van der Waals surface area (Å²) in [7, 11) is 15.4. The van der Waals surface area contributed by atoms with Crippen LogP contribution < -0.4 is 0 Å². The minimum absolute atomic E-state index is 0. The molecule has 2 atom stereocenters. The molecule has 0 heterocycles. The van der Waals surface area contributed by atoms with E-state index in [0.29, 0.717) is 0 Å². The summed E-state index contributed by atoms with van der Waals surface area (Å²) in [6.45, 7) is 3.78. The molecule has 0 fully saturated rings. The summed E-state index contributed by atoms with van der Waals surface area (Å²) < 4.78 is 32.6. The van der Waals surface area contributed by atoms with E-state index in [4.69, 9.17) is 28.4 Å². The highest BCUT2D eigenvalue weighted by Gasteiger charge is 2.41. The second-order valence-electron chi connectivity index (χ2n) is 4.08. The van der Waals surface area contributed by atoms with E-state index in [1.54, 1.807) is 42.7 Å². The van der Waals surface area contributed by atoms with Crippen LogP contribution in [-0.2, 0) is 28.4 Å². The molecule has 0 aliphatic carbocycles. The van der Waals surface area contributed by atoms with Gasteiger partial charge in [0.05, 0.1) is 0 Å². The van der Waals surface area contributed by atoms with Gasteiger partial charge in [0.15, 0.2) is 0 Å². The molecule has 0 aliphatic rings. The smallest absolute Gasteiger partial charge is 0.255 e. The number of ether oxygens (including phenoxy) is 6. The number of rotatable bonds is 13. The maximum absolute atomic E-state index is 5.48. The zero-order valence-electron chi connectivity index (χ0n) is 14.2. The van der Waals surface area contributed by atoms with Crippen LogP contribution in [0.15, 0.2) is 0 Å². The van der Waals surface area contributed by atoms with E-state index >= 15 is 0 Å². The topological polar surface area (TPSA) is 55.4 Å². The predicted molar refractivity (Wildman–Crippen MR) is 108 cm³/mol. The standard InChI is InChI=1S/C12H26O6S4.H4Si/c1-9(13-3)11(15-5,16-6)19-21-22-20-12(17-7,18-8)10(2)14-4;/h9-10H,1-8H3;1H4. The van der Waals surface area contributed by atoms with E-state index in [2.05, 4.69) is 0 Å². The predicted octanol–water partition coefficient (Wildman–Crippen LogP) is 2.18. The van der Waals surface area contributed by atoms with Crippen LogP contribution in [0.4, 0.5) is 0 Å². The molecule has 0 aromatic rings. The van der Waals surface area contributed by atoms with Gasteiger partial charge in [-0.1, -0.05) is 0 Å². The molecular formula is C12H30O6S4Si. The molecule has 0 N–H and O–H groups in total. The maximum atomic E-state index is 5.48. The maximum Gasteiger partial charge on any atom is 0.255 e. The summed E-state index contributed by atoms with van der Waals surface area (Å²) >= 11 is 0. The number of hydrogen-bond donors (Lipinski definition) is 0. The van der Waals surface area contributed by atoms with Crippen molar-refractivity contribution in [1.82, 2.24) is 0 Å². The van der Waals surface area contributed by atoms with Gasteiger partial charge in [0, 0.05) is 42.7 Å². The summed E-state index contributed by atoms with van der Waals surface area (Å²) in [5, 5.41) is -1.77. The Kier molecular flexibility index (Phi) is 15.7. The zero-order valence-corrected chi connectivity index (χ0v) is 17.5. The lowest BCUT2D eigenvalue weighted by atomic mass is 10.4. The lowest BCUT2D eigenvalue weighted by Crippen LogP contribution is -2.42. The molecule has 23 heavy (non-hydrogen) atoms. The van der Waals surface area contributed by atoms with Crippen LogP contribution in [0.2, 0.25) is 0 Å². The van der Waals surface area contributed by atoms with Gasteiger partial charge in [-0.25, -0.2) is 0 Å². The molecule has 0 radical (unpaired) electrons. The third-order valence-electron chi connectivity index (χ3n) is 3.17. The molecule has 0 aromatic carbocycles. The summed E-state index contributed by atoms with van der Waals surface area (Å²) in [4.78, 5) is 0. The van der Waals surface area contributed by atoms with Gasteiger partial charge >= 0.3 is 0 Å². The first-order valence-electron chi connectivity index (χ1n) is 6.38. The molecule has 0 bridgehead atoms. The molecule has 11 heteroatoms. The summed E-state index contributed by atoms with van der Waals surface area (Å²) in [6.07, 6.45) is -0.476. The molecule has 2 unspecified atom stereocenters. The molecular weight excluding hydrogens is 396 g/mol. The quantitative estimate of drug-likeness (QED) is 0.189. The van der Waals surface area contributed by atoms with Crippen molar-refractivity contribution in [2.75, 3.05) is 42.7 Å². The third kappa shape index (κ3) is 7.25. The molecule has 0 aliphatic heterocycles. The monoisotopic (exact) mass is 426 g/mol. The highest BCUT2D eigenvalue weighted by Crippen LogP contribution is 2.55. The Bertz CT molecular complexity index is 267. The SMILES string of the molecule is COC(C)C(OC)(OC)SSSSC(OC)(OC)C(C)OC.[SiH4]. The van der Waals surface area contributed by atoms with E-state index in [1.807, 2.05) is 13.8 Å². The Morgan fingerprint density at radius 2 is 0.870 bits per heavy atom. The van der Waals surface area contributed by atoms with Crippen LogP contribution in [0.3, 0.4) is 0 Å². The van der Waals surface area contributed by atoms with Gasteiger partial charge < -0.3 is 28.4 Å². The highest BCUT2D eigenvalue weighted by molar-refractivity contribution is 9.26. The third-order valence-corrected chi connectivity index (χ3v) is 10.3. The van der Waals surface area contributed by atoms with Crippen molar-refractivity contribution in [2.24, 2.45) is 0 Å². The van der Waals surface area contributed by atoms with Gasteiger partial charge in [-0.05, 0) is 66.1 Å². The average Bonchev–Trinajstić information content (AvgIpc) is 2.58. The molecule has 142 valence electrons. The Hall–Kier alpha value is 1.38. The fourth-order valence-electron chi connectivity index (χ4n) is 1.51. The Balaban J connectivity index is 0. The van der Waals surface area contributed by atoms with Crippen molar-refractivity contribution in [2.45, 2.75) is 36.3 Å². The summed E-state index contributed by atoms with van der Waals surface area (Å²) in [6, 6.07) is 0. The van der Waals surface area contributed by atoms with Gasteiger partial charge in [-0.2, -0.15) is 0 Å². The van der Waals surface area contributed by atoms with E-state index in [0.717, 1.165) is 0 Å². The summed E-state index contributed by atoms with van der Waals surface area (Å²) in [5.41, 5.74) is 0. The fraction of sp³-hybridized carbons (Fsp3) is 1.00. The average molecular weight is 427 g/mol. The second kappa shape index (κ2) is 13.6. The van der Waals surface area contributed by atoms with E-state index in [-0.39, 0.29) is 23.2 Å². The Morgan fingerprint density at radius 3 is 1.04 bits per heavy atom. The Morgan fingerprint density at radius 1 is 0.609 bits per heavy atom. The van der Waals surface area contributed by atoms with Crippen molar-refractivity contribution in [3.63, 3.8) is 0 Å². The molecule has 0 amide bonds. The van der Waals surface area contributed by atoms with Crippen LogP contribution in [0.25, 0.3) is 0 Å². The molecule has 6 nitrogen and oxygen atoms in total. The number of methoxy groups -OCH3 is 6. The van der Waals surface area contributed by atoms with Crippen molar-refractivity contribution >= 4 is 52.2 Å². The lowest BCUT2D eigenvalue weighted by molar-refractivity contribution is -0.194. The van der Waals surface area contributed by atoms with Gasteiger partial charge in [0.2, 0.25) is 0 Å². The van der Waals surface area contributed by atoms with E-state index < -0.39 is 10.2 Å². The van der Waals surface area contributed by atoms with Crippen LogP contribution in [-0.4, -0.2) is 76.1 Å². The van der Waals surface area contributed by atoms with Crippen molar-refractivity contribution in [1.29, 1.82) is 0 Å². The second-order valence-corrected chi connectivity index (χ2v) is 10.1. The minimum atomic E-state index is -0.886. The molecule has 0 saturated carbocycles. The minimum Gasteiger partial charge on any atom is -0.375 e. The largest absolute Gasteiger partial charge is 0.375 e. The van der Waals surface area contributed by atoms with Crippen LogP contribution >= 0.6 is 41.2 Å². The van der Waals surface area contributed by atoms with Gasteiger partial charge in [0.25, 0.3) is 10.2 Å². The molecule has 0 rings (SSSR count). The number of hydrogen-bond acceptors (Lipinski definition) is 10. The zero-order chi connectivity index (χ0) is 17.2. The van der Waals surface area contributed by atoms with E-state index in [9.17, 15) is 0 Å². The van der Waals surface area contributed by atoms with Crippen LogP contribution in [0.1, 0.15) is 13.8 Å². The van der Waals surface area contributed by atoms with Gasteiger partial charge in [-0.15, -0.1) is 0 Å². The summed E-state index contributed by atoms with van der Waals surface area (Å²) in [5.74, 6) is 0. The highest BCUT2D eigenvalue weighted by atomic mass is 33.7.